The lowest BCUT2D eigenvalue weighted by Crippen LogP contribution is -2.51. The topological polar surface area (TPSA) is 57.7 Å². The van der Waals surface area contributed by atoms with Crippen molar-refractivity contribution < 1.29 is 13.2 Å². The molecule has 1 fully saturated rings. The van der Waals surface area contributed by atoms with Crippen molar-refractivity contribution in [2.75, 3.05) is 31.9 Å². The molecule has 2 aromatic rings. The summed E-state index contributed by atoms with van der Waals surface area (Å²) in [6, 6.07) is 13.5. The zero-order valence-electron chi connectivity index (χ0n) is 13.8. The zero-order valence-corrected chi connectivity index (χ0v) is 14.6. The fourth-order valence-electron chi connectivity index (χ4n) is 3.14. The van der Waals surface area contributed by atoms with Crippen LogP contribution < -0.4 is 0 Å². The molecule has 0 unspecified atom stereocenters. The molecule has 0 aliphatic carbocycles. The Hall–Kier alpha value is -1.92. The van der Waals surface area contributed by atoms with E-state index in [9.17, 15) is 13.2 Å². The summed E-state index contributed by atoms with van der Waals surface area (Å²) in [7, 11) is -3.19. The number of carbonyl (C=O) groups excluding carboxylic acids is 1. The molecule has 1 aliphatic heterocycles. The molecule has 0 aromatic heterocycles. The molecule has 2 aromatic carbocycles. The van der Waals surface area contributed by atoms with E-state index in [1.165, 1.54) is 4.31 Å². The summed E-state index contributed by atoms with van der Waals surface area (Å²) in [5, 5.41) is 1.97. The van der Waals surface area contributed by atoms with Crippen LogP contribution in [-0.4, -0.2) is 55.5 Å². The number of hydrogen-bond donors (Lipinski definition) is 0. The van der Waals surface area contributed by atoms with Crippen molar-refractivity contribution in [3.63, 3.8) is 0 Å². The van der Waals surface area contributed by atoms with Crippen molar-refractivity contribution in [3.8, 4) is 0 Å². The molecule has 3 rings (SSSR count). The van der Waals surface area contributed by atoms with Gasteiger partial charge in [-0.1, -0.05) is 43.3 Å². The second kappa shape index (κ2) is 6.91. The van der Waals surface area contributed by atoms with Crippen molar-refractivity contribution >= 4 is 26.7 Å². The molecule has 0 saturated carbocycles. The number of sulfonamides is 1. The summed E-state index contributed by atoms with van der Waals surface area (Å²) in [5.74, 6) is 0.143. The molecule has 5 nitrogen and oxygen atoms in total. The average Bonchev–Trinajstić information content (AvgIpc) is 2.61. The van der Waals surface area contributed by atoms with Gasteiger partial charge in [-0.05, 0) is 23.3 Å². The largest absolute Gasteiger partial charge is 0.336 e. The Morgan fingerprint density at radius 3 is 2.38 bits per heavy atom. The molecule has 24 heavy (non-hydrogen) atoms. The highest BCUT2D eigenvalue weighted by atomic mass is 32.2. The van der Waals surface area contributed by atoms with Gasteiger partial charge in [0.15, 0.2) is 0 Å². The molecule has 0 spiro atoms. The van der Waals surface area contributed by atoms with Crippen LogP contribution in [0.2, 0.25) is 0 Å². The fraction of sp³-hybridized carbons (Fsp3) is 0.389. The molecule has 0 radical (unpaired) electrons. The quantitative estimate of drug-likeness (QED) is 0.854. The van der Waals surface area contributed by atoms with Crippen molar-refractivity contribution in [2.45, 2.75) is 13.3 Å². The normalized spacial score (nSPS) is 16.5. The van der Waals surface area contributed by atoms with E-state index in [1.54, 1.807) is 4.90 Å². The predicted octanol–water partition coefficient (Wildman–Crippen LogP) is 2.34. The molecule has 1 aliphatic rings. The van der Waals surface area contributed by atoms with E-state index in [2.05, 4.69) is 0 Å². The van der Waals surface area contributed by atoms with Gasteiger partial charge in [0.25, 0.3) is 5.91 Å². The Balaban J connectivity index is 1.76. The maximum Gasteiger partial charge on any atom is 0.254 e. The first-order valence-corrected chi connectivity index (χ1v) is 9.88. The van der Waals surface area contributed by atoms with Gasteiger partial charge in [0.2, 0.25) is 10.0 Å². The number of nitrogens with zero attached hydrogens (tertiary/aromatic N) is 2. The lowest BCUT2D eigenvalue weighted by atomic mass is 10.0. The third kappa shape index (κ3) is 3.30. The molecule has 1 heterocycles. The SMILES string of the molecule is CCCS(=O)(=O)N1CCN(C(=O)c2cccc3ccccc23)CC1. The summed E-state index contributed by atoms with van der Waals surface area (Å²) in [6.45, 7) is 3.48. The fourth-order valence-corrected chi connectivity index (χ4v) is 4.63. The van der Waals surface area contributed by atoms with E-state index in [-0.39, 0.29) is 11.7 Å². The monoisotopic (exact) mass is 346 g/mol. The van der Waals surface area contributed by atoms with Crippen molar-refractivity contribution in [2.24, 2.45) is 0 Å². The Morgan fingerprint density at radius 1 is 1.00 bits per heavy atom. The predicted molar refractivity (Wildman–Crippen MR) is 95.5 cm³/mol. The van der Waals surface area contributed by atoms with E-state index in [0.717, 1.165) is 10.8 Å². The summed E-state index contributed by atoms with van der Waals surface area (Å²) < 4.78 is 25.8. The van der Waals surface area contributed by atoms with Gasteiger partial charge in [-0.25, -0.2) is 8.42 Å². The van der Waals surface area contributed by atoms with Gasteiger partial charge in [0.05, 0.1) is 5.75 Å². The van der Waals surface area contributed by atoms with Gasteiger partial charge in [-0.3, -0.25) is 4.79 Å². The molecule has 128 valence electrons. The Kier molecular flexibility index (Phi) is 4.87. The highest BCUT2D eigenvalue weighted by molar-refractivity contribution is 7.89. The third-order valence-electron chi connectivity index (χ3n) is 4.40. The van der Waals surface area contributed by atoms with Crippen molar-refractivity contribution in [3.05, 3.63) is 48.0 Å². The minimum Gasteiger partial charge on any atom is -0.336 e. The molecule has 6 heteroatoms. The van der Waals surface area contributed by atoms with Crippen LogP contribution in [0.15, 0.2) is 42.5 Å². The molecular weight excluding hydrogens is 324 g/mol. The number of fused-ring (bicyclic) bond motifs is 1. The van der Waals surface area contributed by atoms with Crippen LogP contribution in [0.5, 0.6) is 0 Å². The van der Waals surface area contributed by atoms with Gasteiger partial charge >= 0.3 is 0 Å². The second-order valence-electron chi connectivity index (χ2n) is 6.03. The maximum atomic E-state index is 12.9. The van der Waals surface area contributed by atoms with Crippen LogP contribution in [0.1, 0.15) is 23.7 Å². The summed E-state index contributed by atoms with van der Waals surface area (Å²) in [5.41, 5.74) is 0.679. The molecule has 1 amide bonds. The maximum absolute atomic E-state index is 12.9. The lowest BCUT2D eigenvalue weighted by molar-refractivity contribution is 0.0700. The molecule has 0 atom stereocenters. The smallest absolute Gasteiger partial charge is 0.254 e. The minimum absolute atomic E-state index is 0.0284. The van der Waals surface area contributed by atoms with Gasteiger partial charge in [0, 0.05) is 31.7 Å². The average molecular weight is 346 g/mol. The molecular formula is C18H22N2O3S. The summed E-state index contributed by atoms with van der Waals surface area (Å²) >= 11 is 0. The Labute approximate surface area is 142 Å². The van der Waals surface area contributed by atoms with Crippen LogP contribution in [0.25, 0.3) is 10.8 Å². The van der Waals surface area contributed by atoms with Crippen LogP contribution in [0, 0.1) is 0 Å². The van der Waals surface area contributed by atoms with E-state index >= 15 is 0 Å². The molecule has 1 saturated heterocycles. The number of carbonyl (C=O) groups is 1. The number of piperazine rings is 1. The minimum atomic E-state index is -3.19. The first-order chi connectivity index (χ1) is 11.5. The zero-order chi connectivity index (χ0) is 17.2. The standard InChI is InChI=1S/C18H22N2O3S/c1-2-14-24(22,23)20-12-10-19(11-13-20)18(21)17-9-5-7-15-6-3-4-8-16(15)17/h3-9H,2,10-14H2,1H3. The first kappa shape index (κ1) is 16.9. The summed E-state index contributed by atoms with van der Waals surface area (Å²) in [4.78, 5) is 14.6. The van der Waals surface area contributed by atoms with Gasteiger partial charge in [-0.15, -0.1) is 0 Å². The van der Waals surface area contributed by atoms with Crippen LogP contribution in [0.4, 0.5) is 0 Å². The second-order valence-corrected chi connectivity index (χ2v) is 8.12. The van der Waals surface area contributed by atoms with E-state index < -0.39 is 10.0 Å². The van der Waals surface area contributed by atoms with E-state index in [0.29, 0.717) is 38.2 Å². The Bertz CT molecular complexity index is 835. The van der Waals surface area contributed by atoms with E-state index in [4.69, 9.17) is 0 Å². The van der Waals surface area contributed by atoms with Crippen molar-refractivity contribution in [1.29, 1.82) is 0 Å². The molecule has 0 N–H and O–H groups in total. The first-order valence-electron chi connectivity index (χ1n) is 8.28. The number of hydrogen-bond acceptors (Lipinski definition) is 3. The van der Waals surface area contributed by atoms with E-state index in [1.807, 2.05) is 49.4 Å². The molecule has 0 bridgehead atoms. The van der Waals surface area contributed by atoms with Crippen LogP contribution in [-0.2, 0) is 10.0 Å². The van der Waals surface area contributed by atoms with Crippen LogP contribution in [0.3, 0.4) is 0 Å². The van der Waals surface area contributed by atoms with Gasteiger partial charge in [-0.2, -0.15) is 4.31 Å². The van der Waals surface area contributed by atoms with Crippen molar-refractivity contribution in [1.82, 2.24) is 9.21 Å². The van der Waals surface area contributed by atoms with Gasteiger partial charge in [0.1, 0.15) is 0 Å². The highest BCUT2D eigenvalue weighted by Crippen LogP contribution is 2.21. The lowest BCUT2D eigenvalue weighted by Gasteiger charge is -2.34. The van der Waals surface area contributed by atoms with Gasteiger partial charge < -0.3 is 4.90 Å². The Morgan fingerprint density at radius 2 is 1.67 bits per heavy atom. The number of benzene rings is 2. The number of rotatable bonds is 4. The summed E-state index contributed by atoms with van der Waals surface area (Å²) in [6.07, 6.45) is 0.609. The third-order valence-corrected chi connectivity index (χ3v) is 6.48. The number of amides is 1. The highest BCUT2D eigenvalue weighted by Gasteiger charge is 2.28. The van der Waals surface area contributed by atoms with Crippen LogP contribution >= 0.6 is 0 Å².